The van der Waals surface area contributed by atoms with Gasteiger partial charge in [-0.15, -0.1) is 0 Å². The molecule has 0 saturated carbocycles. The van der Waals surface area contributed by atoms with Crippen LogP contribution in [0.3, 0.4) is 0 Å². The molecule has 0 radical (unpaired) electrons. The molecule has 2 aromatic rings. The normalized spacial score (nSPS) is 20.6. The van der Waals surface area contributed by atoms with Gasteiger partial charge in [0.25, 0.3) is 0 Å². The second-order valence-corrected chi connectivity index (χ2v) is 9.58. The fourth-order valence-corrected chi connectivity index (χ4v) is 5.21. The highest BCUT2D eigenvalue weighted by molar-refractivity contribution is 7.80. The molecule has 2 aliphatic rings. The van der Waals surface area contributed by atoms with Crippen LogP contribution in [0.5, 0.6) is 0 Å². The summed E-state index contributed by atoms with van der Waals surface area (Å²) >= 11 is 5.84. The first-order valence-corrected chi connectivity index (χ1v) is 11.2. The number of carbonyl (C=O) groups excluding carboxylic acids is 1. The van der Waals surface area contributed by atoms with Crippen molar-refractivity contribution in [3.05, 3.63) is 65.2 Å². The molecule has 1 atom stereocenters. The van der Waals surface area contributed by atoms with Crippen LogP contribution in [-0.4, -0.2) is 52.9 Å². The van der Waals surface area contributed by atoms with E-state index in [-0.39, 0.29) is 5.54 Å². The first kappa shape index (κ1) is 20.9. The van der Waals surface area contributed by atoms with Crippen molar-refractivity contribution < 1.29 is 4.79 Å². The van der Waals surface area contributed by atoms with Crippen LogP contribution in [0.2, 0.25) is 0 Å². The first-order chi connectivity index (χ1) is 14.4. The van der Waals surface area contributed by atoms with E-state index in [1.807, 2.05) is 4.90 Å². The van der Waals surface area contributed by atoms with Crippen LogP contribution in [0.15, 0.2) is 48.5 Å². The zero-order valence-electron chi connectivity index (χ0n) is 18.2. The van der Waals surface area contributed by atoms with Crippen LogP contribution >= 0.6 is 12.2 Å². The molecular weight excluding hydrogens is 390 g/mol. The van der Waals surface area contributed by atoms with E-state index >= 15 is 0 Å². The van der Waals surface area contributed by atoms with E-state index in [0.29, 0.717) is 5.92 Å². The quantitative estimate of drug-likeness (QED) is 0.539. The van der Waals surface area contributed by atoms with Crippen molar-refractivity contribution in [1.29, 1.82) is 0 Å². The molecule has 2 aliphatic heterocycles. The van der Waals surface area contributed by atoms with Gasteiger partial charge >= 0.3 is 0 Å². The average Bonchev–Trinajstić information content (AvgIpc) is 2.76. The molecule has 30 heavy (non-hydrogen) atoms. The first-order valence-electron chi connectivity index (χ1n) is 10.8. The molecular formula is C25H31N3OS. The van der Waals surface area contributed by atoms with Gasteiger partial charge in [-0.1, -0.05) is 49.5 Å². The van der Waals surface area contributed by atoms with Gasteiger partial charge in [-0.3, -0.25) is 4.79 Å². The summed E-state index contributed by atoms with van der Waals surface area (Å²) in [6.07, 6.45) is 2.05. The predicted octanol–water partition coefficient (Wildman–Crippen LogP) is 4.43. The molecule has 4 rings (SSSR count). The van der Waals surface area contributed by atoms with Crippen LogP contribution in [-0.2, 0) is 11.3 Å². The van der Waals surface area contributed by atoms with Gasteiger partial charge in [-0.05, 0) is 55.5 Å². The van der Waals surface area contributed by atoms with Gasteiger partial charge in [0.05, 0.1) is 0 Å². The van der Waals surface area contributed by atoms with Crippen LogP contribution in [0.1, 0.15) is 49.8 Å². The zero-order chi connectivity index (χ0) is 21.3. The molecule has 4 nitrogen and oxygen atoms in total. The van der Waals surface area contributed by atoms with E-state index in [0.717, 1.165) is 56.1 Å². The Bertz CT molecular complexity index is 919. The van der Waals surface area contributed by atoms with Gasteiger partial charge < -0.3 is 14.7 Å². The van der Waals surface area contributed by atoms with E-state index in [9.17, 15) is 4.79 Å². The smallest absolute Gasteiger partial charge is 0.209 e. The van der Waals surface area contributed by atoms with Gasteiger partial charge in [-0.25, -0.2) is 0 Å². The number of carbonyl (C=O) groups is 1. The molecule has 0 bridgehead atoms. The molecule has 0 spiro atoms. The monoisotopic (exact) mass is 421 g/mol. The van der Waals surface area contributed by atoms with Crippen molar-refractivity contribution in [3.63, 3.8) is 0 Å². The van der Waals surface area contributed by atoms with E-state index in [4.69, 9.17) is 12.2 Å². The lowest BCUT2D eigenvalue weighted by Gasteiger charge is -2.48. The Morgan fingerprint density at radius 1 is 1.10 bits per heavy atom. The molecule has 2 heterocycles. The minimum atomic E-state index is 0.0927. The highest BCUT2D eigenvalue weighted by Gasteiger charge is 2.36. The lowest BCUT2D eigenvalue weighted by Crippen LogP contribution is -2.48. The number of hydrogen-bond acceptors (Lipinski definition) is 3. The largest absolute Gasteiger partial charge is 0.362 e. The number of thiocarbonyl (C=S) groups is 1. The number of hydrogen-bond donors (Lipinski definition) is 0. The number of fused-ring (bicyclic) bond motifs is 1. The molecule has 1 fully saturated rings. The number of nitrogens with zero attached hydrogens (tertiary/aromatic N) is 3. The SMILES string of the molecule is C[C@H]1CC(C)(C)N(Cc2ccccc2)c2ccc(C(=S)N3CCN(C=O)CC3)cc21. The summed E-state index contributed by atoms with van der Waals surface area (Å²) in [6.45, 7) is 11.0. The Morgan fingerprint density at radius 2 is 1.80 bits per heavy atom. The highest BCUT2D eigenvalue weighted by Crippen LogP contribution is 2.44. The summed E-state index contributed by atoms with van der Waals surface area (Å²) in [6, 6.07) is 17.5. The van der Waals surface area contributed by atoms with Crippen molar-refractivity contribution in [1.82, 2.24) is 9.80 Å². The van der Waals surface area contributed by atoms with Gasteiger partial charge in [0, 0.05) is 49.5 Å². The Kier molecular flexibility index (Phi) is 5.83. The predicted molar refractivity (Wildman–Crippen MR) is 127 cm³/mol. The van der Waals surface area contributed by atoms with E-state index in [1.165, 1.54) is 16.8 Å². The Morgan fingerprint density at radius 3 is 2.47 bits per heavy atom. The summed E-state index contributed by atoms with van der Waals surface area (Å²) in [5, 5.41) is 0. The molecule has 158 valence electrons. The standard InChI is InChI=1S/C25H31N3OS/c1-19-16-25(2,3)28(17-20-7-5-4-6-8-20)23-10-9-21(15-22(19)23)24(30)27-13-11-26(18-29)12-14-27/h4-10,15,18-19H,11-14,16-17H2,1-3H3/t19-/m0/s1. The summed E-state index contributed by atoms with van der Waals surface area (Å²) in [5.74, 6) is 0.483. The lowest BCUT2D eigenvalue weighted by atomic mass is 9.79. The fourth-order valence-electron chi connectivity index (χ4n) is 4.90. The van der Waals surface area contributed by atoms with Crippen molar-refractivity contribution in [2.75, 3.05) is 31.1 Å². The molecule has 0 aromatic heterocycles. The molecule has 2 aromatic carbocycles. The van der Waals surface area contributed by atoms with Crippen LogP contribution in [0, 0.1) is 0 Å². The van der Waals surface area contributed by atoms with Crippen LogP contribution in [0.25, 0.3) is 0 Å². The van der Waals surface area contributed by atoms with Crippen molar-refractivity contribution in [3.8, 4) is 0 Å². The Balaban J connectivity index is 1.61. The number of amides is 1. The van der Waals surface area contributed by atoms with Crippen LogP contribution in [0.4, 0.5) is 5.69 Å². The third-order valence-corrected chi connectivity index (χ3v) is 7.06. The minimum Gasteiger partial charge on any atom is -0.362 e. The number of piperazine rings is 1. The molecule has 0 N–H and O–H groups in total. The molecule has 0 unspecified atom stereocenters. The summed E-state index contributed by atoms with van der Waals surface area (Å²) in [5.41, 5.74) is 5.25. The average molecular weight is 422 g/mol. The third kappa shape index (κ3) is 4.08. The van der Waals surface area contributed by atoms with Crippen molar-refractivity contribution in [2.45, 2.75) is 45.2 Å². The van der Waals surface area contributed by atoms with Gasteiger partial charge in [0.1, 0.15) is 4.99 Å². The maximum atomic E-state index is 11.0. The van der Waals surface area contributed by atoms with E-state index < -0.39 is 0 Å². The molecule has 1 amide bonds. The molecule has 5 heteroatoms. The molecule has 0 aliphatic carbocycles. The lowest BCUT2D eigenvalue weighted by molar-refractivity contribution is -0.119. The third-order valence-electron chi connectivity index (χ3n) is 6.57. The summed E-state index contributed by atoms with van der Waals surface area (Å²) in [7, 11) is 0. The topological polar surface area (TPSA) is 26.8 Å². The molecule has 1 saturated heterocycles. The second kappa shape index (κ2) is 8.38. The summed E-state index contributed by atoms with van der Waals surface area (Å²) < 4.78 is 0. The maximum absolute atomic E-state index is 11.0. The highest BCUT2D eigenvalue weighted by atomic mass is 32.1. The summed E-state index contributed by atoms with van der Waals surface area (Å²) in [4.78, 5) is 18.5. The zero-order valence-corrected chi connectivity index (χ0v) is 19.0. The number of anilines is 1. The van der Waals surface area contributed by atoms with E-state index in [1.54, 1.807) is 0 Å². The van der Waals surface area contributed by atoms with E-state index in [2.05, 4.69) is 79.1 Å². The van der Waals surface area contributed by atoms with Crippen molar-refractivity contribution >= 4 is 29.3 Å². The minimum absolute atomic E-state index is 0.0927. The Labute approximate surface area is 185 Å². The number of benzene rings is 2. The van der Waals surface area contributed by atoms with Gasteiger partial charge in [0.15, 0.2) is 0 Å². The van der Waals surface area contributed by atoms with Gasteiger partial charge in [0.2, 0.25) is 6.41 Å². The Hall–Kier alpha value is -2.40. The van der Waals surface area contributed by atoms with Gasteiger partial charge in [-0.2, -0.15) is 0 Å². The maximum Gasteiger partial charge on any atom is 0.209 e. The second-order valence-electron chi connectivity index (χ2n) is 9.20. The van der Waals surface area contributed by atoms with Crippen molar-refractivity contribution in [2.24, 2.45) is 0 Å². The number of rotatable bonds is 4. The van der Waals surface area contributed by atoms with Crippen LogP contribution < -0.4 is 4.90 Å². The fraction of sp³-hybridized carbons (Fsp3) is 0.440.